The van der Waals surface area contributed by atoms with Gasteiger partial charge in [-0.05, 0) is 24.8 Å². The molecule has 1 aromatic carbocycles. The van der Waals surface area contributed by atoms with Crippen molar-refractivity contribution >= 4 is 5.91 Å². The summed E-state index contributed by atoms with van der Waals surface area (Å²) in [6, 6.07) is 9.37. The second-order valence-corrected chi connectivity index (χ2v) is 5.02. The quantitative estimate of drug-likeness (QED) is 0.758. The zero-order valence-electron chi connectivity index (χ0n) is 12.5. The summed E-state index contributed by atoms with van der Waals surface area (Å²) in [5, 5.41) is 9.16. The number of nitrogens with two attached hydrogens (primary N) is 1. The summed E-state index contributed by atoms with van der Waals surface area (Å²) in [6.45, 7) is 4.43. The summed E-state index contributed by atoms with van der Waals surface area (Å²) in [4.78, 5) is 14.2. The van der Waals surface area contributed by atoms with Crippen LogP contribution in [0.5, 0.6) is 0 Å². The number of hydrogen-bond acceptors (Lipinski definition) is 3. The van der Waals surface area contributed by atoms with Gasteiger partial charge in [0.15, 0.2) is 0 Å². The number of benzene rings is 1. The Bertz CT molecular complexity index is 391. The largest absolute Gasteiger partial charge is 0.395 e. The van der Waals surface area contributed by atoms with Crippen molar-refractivity contribution in [2.45, 2.75) is 45.2 Å². The molecule has 3 N–H and O–H groups in total. The lowest BCUT2D eigenvalue weighted by Gasteiger charge is -2.32. The van der Waals surface area contributed by atoms with Crippen LogP contribution in [0.15, 0.2) is 30.3 Å². The molecule has 0 aliphatic carbocycles. The molecule has 4 nitrogen and oxygen atoms in total. The van der Waals surface area contributed by atoms with E-state index in [2.05, 4.69) is 13.8 Å². The maximum Gasteiger partial charge on any atom is 0.240 e. The zero-order valence-corrected chi connectivity index (χ0v) is 12.5. The molecular weight excluding hydrogens is 252 g/mol. The molecule has 1 aromatic rings. The maximum absolute atomic E-state index is 12.5. The van der Waals surface area contributed by atoms with Crippen molar-refractivity contribution in [3.8, 4) is 0 Å². The molecule has 0 heterocycles. The molecule has 1 atom stereocenters. The summed E-state index contributed by atoms with van der Waals surface area (Å²) in [7, 11) is 0. The normalized spacial score (nSPS) is 12.4. The van der Waals surface area contributed by atoms with Gasteiger partial charge in [-0.15, -0.1) is 0 Å². The molecule has 20 heavy (non-hydrogen) atoms. The molecule has 0 unspecified atom stereocenters. The zero-order chi connectivity index (χ0) is 15.0. The number of hydrogen-bond donors (Lipinski definition) is 2. The van der Waals surface area contributed by atoms with Crippen molar-refractivity contribution in [3.05, 3.63) is 35.9 Å². The predicted octanol–water partition coefficient (Wildman–Crippen LogP) is 1.57. The Kier molecular flexibility index (Phi) is 7.26. The average Bonchev–Trinajstić information content (AvgIpc) is 2.47. The molecule has 0 aromatic heterocycles. The van der Waals surface area contributed by atoms with Gasteiger partial charge in [-0.25, -0.2) is 0 Å². The highest BCUT2D eigenvalue weighted by Gasteiger charge is 2.25. The van der Waals surface area contributed by atoms with Gasteiger partial charge < -0.3 is 15.7 Å². The van der Waals surface area contributed by atoms with E-state index in [9.17, 15) is 4.79 Å². The van der Waals surface area contributed by atoms with Crippen LogP contribution < -0.4 is 5.73 Å². The van der Waals surface area contributed by atoms with E-state index in [4.69, 9.17) is 10.8 Å². The monoisotopic (exact) mass is 278 g/mol. The van der Waals surface area contributed by atoms with Crippen molar-refractivity contribution in [1.29, 1.82) is 0 Å². The molecule has 0 aliphatic rings. The first kappa shape index (κ1) is 16.7. The van der Waals surface area contributed by atoms with E-state index in [-0.39, 0.29) is 18.6 Å². The van der Waals surface area contributed by atoms with Crippen LogP contribution in [0.3, 0.4) is 0 Å². The van der Waals surface area contributed by atoms with Crippen LogP contribution in [0, 0.1) is 0 Å². The Morgan fingerprint density at radius 2 is 1.85 bits per heavy atom. The Hall–Kier alpha value is -1.39. The van der Waals surface area contributed by atoms with Crippen LogP contribution in [0.2, 0.25) is 0 Å². The van der Waals surface area contributed by atoms with Crippen molar-refractivity contribution < 1.29 is 9.90 Å². The summed E-state index contributed by atoms with van der Waals surface area (Å²) in [5.74, 6) is -0.0726. The van der Waals surface area contributed by atoms with E-state index in [1.165, 1.54) is 0 Å². The number of rotatable bonds is 8. The SMILES string of the molecule is CCC(CC)N(CCO)C(=O)[C@H](N)Cc1ccccc1. The van der Waals surface area contributed by atoms with Gasteiger partial charge in [0.2, 0.25) is 5.91 Å². The molecule has 4 heteroatoms. The van der Waals surface area contributed by atoms with Crippen molar-refractivity contribution in [2.75, 3.05) is 13.2 Å². The minimum atomic E-state index is -0.551. The molecule has 0 spiro atoms. The van der Waals surface area contributed by atoms with Gasteiger partial charge in [0.1, 0.15) is 0 Å². The van der Waals surface area contributed by atoms with E-state index >= 15 is 0 Å². The number of aliphatic hydroxyl groups is 1. The summed E-state index contributed by atoms with van der Waals surface area (Å²) >= 11 is 0. The van der Waals surface area contributed by atoms with Gasteiger partial charge in [-0.2, -0.15) is 0 Å². The first-order chi connectivity index (χ1) is 9.63. The van der Waals surface area contributed by atoms with Gasteiger partial charge >= 0.3 is 0 Å². The molecule has 0 saturated carbocycles. The topological polar surface area (TPSA) is 66.6 Å². The molecule has 0 aliphatic heterocycles. The van der Waals surface area contributed by atoms with Crippen LogP contribution in [0.25, 0.3) is 0 Å². The second-order valence-electron chi connectivity index (χ2n) is 5.02. The summed E-state index contributed by atoms with van der Waals surface area (Å²) in [5.41, 5.74) is 7.11. The number of carbonyl (C=O) groups excluding carboxylic acids is 1. The second kappa shape index (κ2) is 8.72. The molecular formula is C16H26N2O2. The minimum Gasteiger partial charge on any atom is -0.395 e. The highest BCUT2D eigenvalue weighted by molar-refractivity contribution is 5.82. The number of carbonyl (C=O) groups is 1. The highest BCUT2D eigenvalue weighted by Crippen LogP contribution is 2.11. The smallest absolute Gasteiger partial charge is 0.240 e. The maximum atomic E-state index is 12.5. The van der Waals surface area contributed by atoms with Crippen molar-refractivity contribution in [1.82, 2.24) is 4.90 Å². The minimum absolute atomic E-state index is 0.0275. The number of amides is 1. The molecule has 0 saturated heterocycles. The van der Waals surface area contributed by atoms with Crippen LogP contribution in [-0.4, -0.2) is 41.1 Å². The Morgan fingerprint density at radius 1 is 1.25 bits per heavy atom. The van der Waals surface area contributed by atoms with Crippen molar-refractivity contribution in [3.63, 3.8) is 0 Å². The Balaban J connectivity index is 2.73. The molecule has 0 bridgehead atoms. The summed E-state index contributed by atoms with van der Waals surface area (Å²) < 4.78 is 0. The van der Waals surface area contributed by atoms with Gasteiger partial charge in [0.05, 0.1) is 12.6 Å². The van der Waals surface area contributed by atoms with Gasteiger partial charge in [0, 0.05) is 12.6 Å². The fourth-order valence-electron chi connectivity index (χ4n) is 2.48. The average molecular weight is 278 g/mol. The third-order valence-corrected chi connectivity index (χ3v) is 3.62. The van der Waals surface area contributed by atoms with Crippen LogP contribution in [-0.2, 0) is 11.2 Å². The van der Waals surface area contributed by atoms with Crippen LogP contribution in [0.1, 0.15) is 32.3 Å². The summed E-state index contributed by atoms with van der Waals surface area (Å²) in [6.07, 6.45) is 2.28. The van der Waals surface area contributed by atoms with E-state index in [1.54, 1.807) is 4.90 Å². The molecule has 0 fully saturated rings. The van der Waals surface area contributed by atoms with E-state index in [0.717, 1.165) is 18.4 Å². The number of aliphatic hydroxyl groups excluding tert-OH is 1. The van der Waals surface area contributed by atoms with Crippen LogP contribution >= 0.6 is 0 Å². The van der Waals surface area contributed by atoms with Gasteiger partial charge in [0.25, 0.3) is 0 Å². The standard InChI is InChI=1S/C16H26N2O2/c1-3-14(4-2)18(10-11-19)16(20)15(17)12-13-8-6-5-7-9-13/h5-9,14-15,19H,3-4,10-12,17H2,1-2H3/t15-/m1/s1. The van der Waals surface area contributed by atoms with E-state index in [1.807, 2.05) is 30.3 Å². The molecule has 112 valence electrons. The first-order valence-corrected chi connectivity index (χ1v) is 7.34. The lowest BCUT2D eigenvalue weighted by Crippen LogP contribution is -2.50. The first-order valence-electron chi connectivity index (χ1n) is 7.34. The third kappa shape index (κ3) is 4.62. The van der Waals surface area contributed by atoms with Crippen LogP contribution in [0.4, 0.5) is 0 Å². The Morgan fingerprint density at radius 3 is 2.35 bits per heavy atom. The lowest BCUT2D eigenvalue weighted by atomic mass is 10.0. The highest BCUT2D eigenvalue weighted by atomic mass is 16.3. The molecule has 1 rings (SSSR count). The van der Waals surface area contributed by atoms with Gasteiger partial charge in [-0.3, -0.25) is 4.79 Å². The Labute approximate surface area is 121 Å². The fourth-order valence-corrected chi connectivity index (χ4v) is 2.48. The molecule has 1 amide bonds. The number of nitrogens with zero attached hydrogens (tertiary/aromatic N) is 1. The lowest BCUT2D eigenvalue weighted by molar-refractivity contribution is -0.135. The van der Waals surface area contributed by atoms with E-state index < -0.39 is 6.04 Å². The van der Waals surface area contributed by atoms with Crippen molar-refractivity contribution in [2.24, 2.45) is 5.73 Å². The molecule has 0 radical (unpaired) electrons. The third-order valence-electron chi connectivity index (χ3n) is 3.62. The fraction of sp³-hybridized carbons (Fsp3) is 0.562. The van der Waals surface area contributed by atoms with E-state index in [0.29, 0.717) is 13.0 Å². The van der Waals surface area contributed by atoms with Gasteiger partial charge in [-0.1, -0.05) is 44.2 Å². The predicted molar refractivity (Wildman–Crippen MR) is 81.3 cm³/mol.